The van der Waals surface area contributed by atoms with Gasteiger partial charge in [0.25, 0.3) is 11.5 Å². The average molecular weight is 430 g/mol. The Labute approximate surface area is 184 Å². The third-order valence-electron chi connectivity index (χ3n) is 5.26. The highest BCUT2D eigenvalue weighted by Crippen LogP contribution is 2.16. The zero-order valence-electron chi connectivity index (χ0n) is 17.9. The molecule has 1 amide bonds. The lowest BCUT2D eigenvalue weighted by Crippen LogP contribution is -2.32. The van der Waals surface area contributed by atoms with Crippen molar-refractivity contribution in [3.63, 3.8) is 0 Å². The Kier molecular flexibility index (Phi) is 5.59. The van der Waals surface area contributed by atoms with E-state index in [4.69, 9.17) is 4.74 Å². The van der Waals surface area contributed by atoms with E-state index in [1.807, 2.05) is 36.4 Å². The number of anilines is 1. The molecule has 0 bridgehead atoms. The third kappa shape index (κ3) is 3.90. The smallest absolute Gasteiger partial charge is 0.357 e. The molecule has 0 aliphatic rings. The minimum absolute atomic E-state index is 0.102. The predicted octanol–water partition coefficient (Wildman–Crippen LogP) is 3.22. The lowest BCUT2D eigenvalue weighted by molar-refractivity contribution is -0.123. The molecule has 1 N–H and O–H groups in total. The molecule has 0 aliphatic carbocycles. The lowest BCUT2D eigenvalue weighted by Gasteiger charge is -2.13. The fourth-order valence-electron chi connectivity index (χ4n) is 3.39. The van der Waals surface area contributed by atoms with Gasteiger partial charge < -0.3 is 10.1 Å². The van der Waals surface area contributed by atoms with E-state index in [1.165, 1.54) is 11.6 Å². The first-order valence-electron chi connectivity index (χ1n) is 10.1. The molecular weight excluding hydrogens is 408 g/mol. The van der Waals surface area contributed by atoms with Crippen LogP contribution in [0, 0.1) is 6.92 Å². The van der Waals surface area contributed by atoms with Gasteiger partial charge in [-0.25, -0.2) is 14.5 Å². The van der Waals surface area contributed by atoms with Gasteiger partial charge in [-0.15, -0.1) is 0 Å². The maximum absolute atomic E-state index is 12.9. The average Bonchev–Trinajstić information content (AvgIpc) is 3.02. The van der Waals surface area contributed by atoms with Crippen molar-refractivity contribution in [1.82, 2.24) is 14.3 Å². The van der Waals surface area contributed by atoms with Gasteiger partial charge in [0.15, 0.2) is 6.10 Å². The van der Waals surface area contributed by atoms with Gasteiger partial charge in [-0.1, -0.05) is 42.5 Å². The Hall–Kier alpha value is -4.20. The van der Waals surface area contributed by atoms with E-state index in [-0.39, 0.29) is 16.9 Å². The molecule has 0 fully saturated rings. The number of esters is 1. The first kappa shape index (κ1) is 21.0. The van der Waals surface area contributed by atoms with Gasteiger partial charge in [0.1, 0.15) is 11.4 Å². The molecule has 0 radical (unpaired) electrons. The molecule has 4 rings (SSSR count). The van der Waals surface area contributed by atoms with E-state index >= 15 is 0 Å². The summed E-state index contributed by atoms with van der Waals surface area (Å²) in [4.78, 5) is 42.4. The van der Waals surface area contributed by atoms with Crippen molar-refractivity contribution in [2.45, 2.75) is 20.0 Å². The molecule has 8 heteroatoms. The number of fused-ring (bicyclic) bond motifs is 1. The summed E-state index contributed by atoms with van der Waals surface area (Å²) >= 11 is 0. The SMILES string of the molecule is Cc1c(NC(=O)C(C)OC(=O)c2ccc3ccccc3n2)c(=O)n(-c2ccccc2)n1C. The minimum atomic E-state index is -1.13. The van der Waals surface area contributed by atoms with Crippen molar-refractivity contribution in [3.8, 4) is 5.69 Å². The molecule has 8 nitrogen and oxygen atoms in total. The van der Waals surface area contributed by atoms with Gasteiger partial charge in [0.05, 0.1) is 16.9 Å². The summed E-state index contributed by atoms with van der Waals surface area (Å²) in [5, 5.41) is 3.50. The van der Waals surface area contributed by atoms with Crippen LogP contribution in [-0.2, 0) is 16.6 Å². The van der Waals surface area contributed by atoms with Crippen LogP contribution in [0.15, 0.2) is 71.5 Å². The molecule has 0 saturated carbocycles. The van der Waals surface area contributed by atoms with Crippen molar-refractivity contribution in [1.29, 1.82) is 0 Å². The number of pyridine rings is 1. The van der Waals surface area contributed by atoms with Crippen LogP contribution in [0.1, 0.15) is 23.1 Å². The molecule has 2 aromatic heterocycles. The number of benzene rings is 2. The number of hydrogen-bond donors (Lipinski definition) is 1. The minimum Gasteiger partial charge on any atom is -0.448 e. The third-order valence-corrected chi connectivity index (χ3v) is 5.26. The molecule has 0 saturated heterocycles. The molecule has 1 atom stereocenters. The van der Waals surface area contributed by atoms with E-state index in [9.17, 15) is 14.4 Å². The van der Waals surface area contributed by atoms with E-state index in [0.717, 1.165) is 5.39 Å². The molecule has 32 heavy (non-hydrogen) atoms. The Balaban J connectivity index is 1.51. The largest absolute Gasteiger partial charge is 0.448 e. The summed E-state index contributed by atoms with van der Waals surface area (Å²) in [6, 6.07) is 19.8. The number of hydrogen-bond acceptors (Lipinski definition) is 5. The topological polar surface area (TPSA) is 95.2 Å². The number of aromatic nitrogens is 3. The number of ether oxygens (including phenoxy) is 1. The second-order valence-electron chi connectivity index (χ2n) is 7.36. The van der Waals surface area contributed by atoms with Crippen LogP contribution in [0.25, 0.3) is 16.6 Å². The Morgan fingerprint density at radius 2 is 1.69 bits per heavy atom. The van der Waals surface area contributed by atoms with Crippen molar-refractivity contribution < 1.29 is 14.3 Å². The number of amides is 1. The Morgan fingerprint density at radius 3 is 2.44 bits per heavy atom. The summed E-state index contributed by atoms with van der Waals surface area (Å²) in [5.41, 5.74) is 1.76. The van der Waals surface area contributed by atoms with Gasteiger partial charge in [-0.3, -0.25) is 14.3 Å². The van der Waals surface area contributed by atoms with Gasteiger partial charge >= 0.3 is 5.97 Å². The van der Waals surface area contributed by atoms with Crippen LogP contribution in [0.4, 0.5) is 5.69 Å². The summed E-state index contributed by atoms with van der Waals surface area (Å²) in [6.45, 7) is 3.18. The second kappa shape index (κ2) is 8.50. The first-order chi connectivity index (χ1) is 15.4. The van der Waals surface area contributed by atoms with Crippen molar-refractivity contribution in [2.75, 3.05) is 5.32 Å². The predicted molar refractivity (Wildman–Crippen MR) is 121 cm³/mol. The molecule has 2 heterocycles. The van der Waals surface area contributed by atoms with Crippen molar-refractivity contribution in [2.24, 2.45) is 7.05 Å². The zero-order chi connectivity index (χ0) is 22.8. The molecule has 2 aromatic carbocycles. The first-order valence-corrected chi connectivity index (χ1v) is 10.1. The van der Waals surface area contributed by atoms with E-state index in [2.05, 4.69) is 10.3 Å². The number of rotatable bonds is 5. The molecule has 1 unspecified atom stereocenters. The number of nitrogens with zero attached hydrogens (tertiary/aromatic N) is 3. The highest BCUT2D eigenvalue weighted by molar-refractivity contribution is 5.97. The maximum Gasteiger partial charge on any atom is 0.357 e. The second-order valence-corrected chi connectivity index (χ2v) is 7.36. The molecule has 0 aliphatic heterocycles. The van der Waals surface area contributed by atoms with E-state index in [0.29, 0.717) is 16.9 Å². The lowest BCUT2D eigenvalue weighted by atomic mass is 10.2. The highest BCUT2D eigenvalue weighted by atomic mass is 16.5. The zero-order valence-corrected chi connectivity index (χ0v) is 17.9. The number of carbonyl (C=O) groups excluding carboxylic acids is 2. The normalized spacial score (nSPS) is 11.8. The summed E-state index contributed by atoms with van der Waals surface area (Å²) in [5.74, 6) is -1.32. The highest BCUT2D eigenvalue weighted by Gasteiger charge is 2.24. The van der Waals surface area contributed by atoms with Crippen molar-refractivity contribution >= 4 is 28.5 Å². The van der Waals surface area contributed by atoms with Gasteiger partial charge in [0, 0.05) is 12.4 Å². The molecule has 0 spiro atoms. The molecular formula is C24H22N4O4. The number of para-hydroxylation sites is 2. The van der Waals surface area contributed by atoms with Crippen LogP contribution >= 0.6 is 0 Å². The number of carbonyl (C=O) groups is 2. The van der Waals surface area contributed by atoms with Crippen molar-refractivity contribution in [3.05, 3.63) is 88.5 Å². The molecule has 4 aromatic rings. The van der Waals surface area contributed by atoms with Gasteiger partial charge in [0.2, 0.25) is 0 Å². The van der Waals surface area contributed by atoms with Crippen LogP contribution < -0.4 is 10.9 Å². The van der Waals surface area contributed by atoms with Crippen LogP contribution in [0.5, 0.6) is 0 Å². The summed E-state index contributed by atoms with van der Waals surface area (Å²) < 4.78 is 8.41. The van der Waals surface area contributed by atoms with Crippen LogP contribution in [0.2, 0.25) is 0 Å². The summed E-state index contributed by atoms with van der Waals surface area (Å²) in [6.07, 6.45) is -1.13. The fraction of sp³-hybridized carbons (Fsp3) is 0.167. The maximum atomic E-state index is 12.9. The van der Waals surface area contributed by atoms with E-state index in [1.54, 1.807) is 49.0 Å². The van der Waals surface area contributed by atoms with Crippen LogP contribution in [0.3, 0.4) is 0 Å². The van der Waals surface area contributed by atoms with Gasteiger partial charge in [-0.2, -0.15) is 0 Å². The Morgan fingerprint density at radius 1 is 1.00 bits per heavy atom. The standard InChI is InChI=1S/C24H22N4O4/c1-15-21(23(30)28(27(15)3)18-10-5-4-6-11-18)26-22(29)16(2)32-24(31)20-14-13-17-9-7-8-12-19(17)25-20/h4-14,16H,1-3H3,(H,26,29). The van der Waals surface area contributed by atoms with E-state index < -0.39 is 18.0 Å². The van der Waals surface area contributed by atoms with Gasteiger partial charge in [-0.05, 0) is 38.1 Å². The molecule has 162 valence electrons. The monoisotopic (exact) mass is 430 g/mol. The van der Waals surface area contributed by atoms with Crippen LogP contribution in [-0.4, -0.2) is 32.3 Å². The Bertz CT molecular complexity index is 1370. The number of nitrogens with one attached hydrogen (secondary N) is 1. The quantitative estimate of drug-likeness (QED) is 0.491. The fourth-order valence-corrected chi connectivity index (χ4v) is 3.39. The summed E-state index contributed by atoms with van der Waals surface area (Å²) in [7, 11) is 1.73.